The van der Waals surface area contributed by atoms with Crippen LogP contribution in [-0.2, 0) is 6.42 Å². The smallest absolute Gasteiger partial charge is 0.0300 e. The number of hydrogen-bond donors (Lipinski definition) is 1. The number of piperazine rings is 1. The van der Waals surface area contributed by atoms with Crippen LogP contribution in [0.25, 0.3) is 0 Å². The maximum atomic E-state index is 4.20. The van der Waals surface area contributed by atoms with Gasteiger partial charge in [-0.3, -0.25) is 9.88 Å². The topological polar surface area (TPSA) is 28.2 Å². The summed E-state index contributed by atoms with van der Waals surface area (Å²) in [6.07, 6.45) is 6.17. The van der Waals surface area contributed by atoms with Gasteiger partial charge in [0.1, 0.15) is 0 Å². The molecule has 0 saturated carbocycles. The van der Waals surface area contributed by atoms with E-state index in [4.69, 9.17) is 0 Å². The molecule has 3 heteroatoms. The zero-order valence-corrected chi connectivity index (χ0v) is 12.5. The SMILES string of the molecule is CCC1CNC(C(C)C)CN1CCc1cccnc1. The van der Waals surface area contributed by atoms with E-state index in [1.54, 1.807) is 0 Å². The lowest BCUT2D eigenvalue weighted by molar-refractivity contribution is 0.112. The standard InChI is InChI=1S/C16H27N3/c1-4-15-11-18-16(13(2)3)12-19(15)9-7-14-6-5-8-17-10-14/h5-6,8,10,13,15-16,18H,4,7,9,11-12H2,1-3H3. The summed E-state index contributed by atoms with van der Waals surface area (Å²) < 4.78 is 0. The van der Waals surface area contributed by atoms with Crippen LogP contribution in [-0.4, -0.2) is 41.6 Å². The fourth-order valence-corrected chi connectivity index (χ4v) is 2.82. The van der Waals surface area contributed by atoms with Gasteiger partial charge in [0, 0.05) is 44.1 Å². The number of nitrogens with zero attached hydrogens (tertiary/aromatic N) is 2. The summed E-state index contributed by atoms with van der Waals surface area (Å²) in [5.41, 5.74) is 1.34. The van der Waals surface area contributed by atoms with Crippen LogP contribution in [0.15, 0.2) is 24.5 Å². The maximum absolute atomic E-state index is 4.20. The van der Waals surface area contributed by atoms with Crippen molar-refractivity contribution in [1.82, 2.24) is 15.2 Å². The maximum Gasteiger partial charge on any atom is 0.0300 e. The highest BCUT2D eigenvalue weighted by atomic mass is 15.2. The summed E-state index contributed by atoms with van der Waals surface area (Å²) in [5, 5.41) is 3.69. The van der Waals surface area contributed by atoms with Gasteiger partial charge in [-0.15, -0.1) is 0 Å². The summed E-state index contributed by atoms with van der Waals surface area (Å²) in [4.78, 5) is 6.86. The fraction of sp³-hybridized carbons (Fsp3) is 0.688. The van der Waals surface area contributed by atoms with Crippen LogP contribution in [0.1, 0.15) is 32.8 Å². The third-order valence-electron chi connectivity index (χ3n) is 4.25. The Bertz CT molecular complexity index is 364. The lowest BCUT2D eigenvalue weighted by atomic mass is 9.98. The Labute approximate surface area is 117 Å². The quantitative estimate of drug-likeness (QED) is 0.882. The van der Waals surface area contributed by atoms with Crippen LogP contribution in [0.4, 0.5) is 0 Å². The van der Waals surface area contributed by atoms with E-state index < -0.39 is 0 Å². The molecule has 1 saturated heterocycles. The third kappa shape index (κ3) is 4.02. The van der Waals surface area contributed by atoms with E-state index in [1.165, 1.54) is 18.5 Å². The number of aromatic nitrogens is 1. The molecular weight excluding hydrogens is 234 g/mol. The monoisotopic (exact) mass is 261 g/mol. The van der Waals surface area contributed by atoms with Crippen LogP contribution < -0.4 is 5.32 Å². The molecule has 0 amide bonds. The molecular formula is C16H27N3. The summed E-state index contributed by atoms with van der Waals surface area (Å²) in [5.74, 6) is 0.707. The van der Waals surface area contributed by atoms with Crippen molar-refractivity contribution in [3.63, 3.8) is 0 Å². The molecule has 0 radical (unpaired) electrons. The van der Waals surface area contributed by atoms with Gasteiger partial charge in [-0.05, 0) is 30.4 Å². The minimum atomic E-state index is 0.636. The van der Waals surface area contributed by atoms with Gasteiger partial charge in [-0.1, -0.05) is 26.8 Å². The van der Waals surface area contributed by atoms with Crippen molar-refractivity contribution < 1.29 is 0 Å². The molecule has 106 valence electrons. The second-order valence-electron chi connectivity index (χ2n) is 5.93. The van der Waals surface area contributed by atoms with Gasteiger partial charge in [0.25, 0.3) is 0 Å². The lowest BCUT2D eigenvalue weighted by Gasteiger charge is -2.41. The molecule has 2 rings (SSSR count). The Morgan fingerprint density at radius 3 is 2.95 bits per heavy atom. The van der Waals surface area contributed by atoms with Crippen molar-refractivity contribution in [3.8, 4) is 0 Å². The first-order valence-electron chi connectivity index (χ1n) is 7.57. The summed E-state index contributed by atoms with van der Waals surface area (Å²) in [7, 11) is 0. The molecule has 1 aliphatic rings. The molecule has 1 N–H and O–H groups in total. The van der Waals surface area contributed by atoms with Crippen LogP contribution in [0.5, 0.6) is 0 Å². The van der Waals surface area contributed by atoms with Crippen LogP contribution in [0, 0.1) is 5.92 Å². The average molecular weight is 261 g/mol. The van der Waals surface area contributed by atoms with Crippen molar-refractivity contribution in [3.05, 3.63) is 30.1 Å². The Balaban J connectivity index is 1.91. The Morgan fingerprint density at radius 2 is 2.32 bits per heavy atom. The summed E-state index contributed by atoms with van der Waals surface area (Å²) in [6, 6.07) is 5.53. The van der Waals surface area contributed by atoms with E-state index in [9.17, 15) is 0 Å². The molecule has 2 unspecified atom stereocenters. The van der Waals surface area contributed by atoms with Gasteiger partial charge in [0.15, 0.2) is 0 Å². The van der Waals surface area contributed by atoms with E-state index in [1.807, 2.05) is 18.5 Å². The van der Waals surface area contributed by atoms with Crippen molar-refractivity contribution >= 4 is 0 Å². The molecule has 2 heterocycles. The largest absolute Gasteiger partial charge is 0.311 e. The number of rotatable bonds is 5. The zero-order chi connectivity index (χ0) is 13.7. The molecule has 0 aromatic carbocycles. The van der Waals surface area contributed by atoms with E-state index in [2.05, 4.69) is 42.0 Å². The molecule has 0 spiro atoms. The Hall–Kier alpha value is -0.930. The fourth-order valence-electron chi connectivity index (χ4n) is 2.82. The highest BCUT2D eigenvalue weighted by Gasteiger charge is 2.27. The van der Waals surface area contributed by atoms with Gasteiger partial charge in [-0.2, -0.15) is 0 Å². The van der Waals surface area contributed by atoms with E-state index in [0.29, 0.717) is 18.0 Å². The van der Waals surface area contributed by atoms with Gasteiger partial charge in [0.05, 0.1) is 0 Å². The highest BCUT2D eigenvalue weighted by Crippen LogP contribution is 2.15. The van der Waals surface area contributed by atoms with Crippen LogP contribution >= 0.6 is 0 Å². The summed E-state index contributed by atoms with van der Waals surface area (Å²) >= 11 is 0. The molecule has 3 nitrogen and oxygen atoms in total. The minimum absolute atomic E-state index is 0.636. The van der Waals surface area contributed by atoms with Gasteiger partial charge < -0.3 is 5.32 Å². The van der Waals surface area contributed by atoms with Crippen molar-refractivity contribution in [1.29, 1.82) is 0 Å². The molecule has 1 aliphatic heterocycles. The highest BCUT2D eigenvalue weighted by molar-refractivity contribution is 5.09. The summed E-state index contributed by atoms with van der Waals surface area (Å²) in [6.45, 7) is 10.4. The predicted molar refractivity (Wildman–Crippen MR) is 80.2 cm³/mol. The predicted octanol–water partition coefficient (Wildman–Crippen LogP) is 2.33. The first kappa shape index (κ1) is 14.5. The third-order valence-corrected chi connectivity index (χ3v) is 4.25. The van der Waals surface area contributed by atoms with E-state index >= 15 is 0 Å². The number of pyridine rings is 1. The first-order valence-corrected chi connectivity index (χ1v) is 7.57. The molecule has 0 aliphatic carbocycles. The second kappa shape index (κ2) is 7.01. The van der Waals surface area contributed by atoms with Crippen molar-refractivity contribution in [2.24, 2.45) is 5.92 Å². The molecule has 2 atom stereocenters. The van der Waals surface area contributed by atoms with Crippen LogP contribution in [0.3, 0.4) is 0 Å². The molecule has 0 bridgehead atoms. The van der Waals surface area contributed by atoms with E-state index in [0.717, 1.165) is 19.5 Å². The molecule has 1 aromatic rings. The number of nitrogens with one attached hydrogen (secondary N) is 1. The number of hydrogen-bond acceptors (Lipinski definition) is 3. The van der Waals surface area contributed by atoms with Crippen molar-refractivity contribution in [2.75, 3.05) is 19.6 Å². The molecule has 1 aromatic heterocycles. The lowest BCUT2D eigenvalue weighted by Crippen LogP contribution is -2.58. The normalized spacial score (nSPS) is 24.8. The Kier molecular flexibility index (Phi) is 5.34. The van der Waals surface area contributed by atoms with Gasteiger partial charge >= 0.3 is 0 Å². The van der Waals surface area contributed by atoms with E-state index in [-0.39, 0.29) is 0 Å². The molecule has 1 fully saturated rings. The van der Waals surface area contributed by atoms with Crippen molar-refractivity contribution in [2.45, 2.75) is 45.7 Å². The first-order chi connectivity index (χ1) is 9.20. The molecule has 19 heavy (non-hydrogen) atoms. The second-order valence-corrected chi connectivity index (χ2v) is 5.93. The zero-order valence-electron chi connectivity index (χ0n) is 12.5. The average Bonchev–Trinajstić information content (AvgIpc) is 2.45. The van der Waals surface area contributed by atoms with Gasteiger partial charge in [-0.25, -0.2) is 0 Å². The Morgan fingerprint density at radius 1 is 1.47 bits per heavy atom. The minimum Gasteiger partial charge on any atom is -0.311 e. The van der Waals surface area contributed by atoms with Gasteiger partial charge in [0.2, 0.25) is 0 Å². The van der Waals surface area contributed by atoms with Crippen LogP contribution in [0.2, 0.25) is 0 Å².